The molecule has 0 radical (unpaired) electrons. The van der Waals surface area contributed by atoms with Crippen molar-refractivity contribution in [1.29, 1.82) is 0 Å². The van der Waals surface area contributed by atoms with Gasteiger partial charge in [-0.1, -0.05) is 0 Å². The van der Waals surface area contributed by atoms with Gasteiger partial charge in [-0.3, -0.25) is 4.79 Å². The third-order valence-electron chi connectivity index (χ3n) is 4.14. The molecule has 1 fully saturated rings. The molecular weight excluding hydrogens is 302 g/mol. The van der Waals surface area contributed by atoms with E-state index in [1.807, 2.05) is 26.0 Å². The predicted octanol–water partition coefficient (Wildman–Crippen LogP) is 2.74. The van der Waals surface area contributed by atoms with Crippen LogP contribution in [0.1, 0.15) is 28.1 Å². The Kier molecular flexibility index (Phi) is 3.64. The summed E-state index contributed by atoms with van der Waals surface area (Å²) in [6.45, 7) is 3.98. The van der Waals surface area contributed by atoms with Crippen molar-refractivity contribution < 1.29 is 19.1 Å². The average Bonchev–Trinajstić information content (AvgIpc) is 3.07. The van der Waals surface area contributed by atoms with Gasteiger partial charge in [-0.15, -0.1) is 0 Å². The highest BCUT2D eigenvalue weighted by atomic mass is 32.2. The number of hydrogen-bond acceptors (Lipinski definition) is 4. The number of benzene rings is 1. The molecule has 5 nitrogen and oxygen atoms in total. The van der Waals surface area contributed by atoms with E-state index in [9.17, 15) is 14.7 Å². The summed E-state index contributed by atoms with van der Waals surface area (Å²) in [7, 11) is 0. The summed E-state index contributed by atoms with van der Waals surface area (Å²) in [5.74, 6) is -0.208. The first kappa shape index (κ1) is 15.0. The van der Waals surface area contributed by atoms with Gasteiger partial charge in [0.25, 0.3) is 5.91 Å². The zero-order valence-electron chi connectivity index (χ0n) is 12.4. The number of carboxylic acids is 1. The molecule has 1 amide bonds. The smallest absolute Gasteiger partial charge is 0.330 e. The number of carbonyl (C=O) groups is 2. The lowest BCUT2D eigenvalue weighted by atomic mass is 9.99. The Morgan fingerprint density at radius 1 is 1.27 bits per heavy atom. The Balaban J connectivity index is 1.90. The molecule has 1 atom stereocenters. The van der Waals surface area contributed by atoms with Crippen LogP contribution in [-0.2, 0) is 4.79 Å². The van der Waals surface area contributed by atoms with E-state index in [1.165, 1.54) is 11.8 Å². The molecule has 1 saturated heterocycles. The second-order valence-corrected chi connectivity index (χ2v) is 6.83. The van der Waals surface area contributed by atoms with E-state index in [2.05, 4.69) is 5.32 Å². The van der Waals surface area contributed by atoms with Crippen LogP contribution < -0.4 is 5.32 Å². The zero-order chi connectivity index (χ0) is 15.9. The van der Waals surface area contributed by atoms with Crippen molar-refractivity contribution in [1.82, 2.24) is 5.32 Å². The number of aliphatic carboxylic acids is 1. The first-order valence-electron chi connectivity index (χ1n) is 7.06. The number of thioether (sulfide) groups is 1. The third-order valence-corrected chi connectivity index (χ3v) is 5.33. The molecule has 2 N–H and O–H groups in total. The van der Waals surface area contributed by atoms with Crippen LogP contribution in [0.15, 0.2) is 22.6 Å². The Labute approximate surface area is 132 Å². The molecule has 0 aliphatic carbocycles. The Morgan fingerprint density at radius 2 is 2.00 bits per heavy atom. The molecule has 1 aromatic heterocycles. The predicted molar refractivity (Wildman–Crippen MR) is 85.5 cm³/mol. The van der Waals surface area contributed by atoms with E-state index in [1.54, 1.807) is 6.07 Å². The van der Waals surface area contributed by atoms with Crippen molar-refractivity contribution in [2.75, 3.05) is 11.5 Å². The third kappa shape index (κ3) is 2.47. The Hall–Kier alpha value is -1.95. The largest absolute Gasteiger partial charge is 0.479 e. The van der Waals surface area contributed by atoms with Crippen molar-refractivity contribution in [3.05, 3.63) is 35.1 Å². The van der Waals surface area contributed by atoms with Crippen LogP contribution in [-0.4, -0.2) is 34.0 Å². The number of carboxylic acid groups (broad SMARTS) is 1. The van der Waals surface area contributed by atoms with Gasteiger partial charge in [-0.25, -0.2) is 4.79 Å². The minimum atomic E-state index is -1.19. The van der Waals surface area contributed by atoms with Crippen LogP contribution in [0.25, 0.3) is 11.0 Å². The number of furan rings is 1. The molecule has 2 aromatic rings. The number of fused-ring (bicyclic) bond motifs is 1. The van der Waals surface area contributed by atoms with Crippen molar-refractivity contribution in [3.63, 3.8) is 0 Å². The van der Waals surface area contributed by atoms with Crippen molar-refractivity contribution in [3.8, 4) is 0 Å². The fraction of sp³-hybridized carbons (Fsp3) is 0.375. The number of nitrogens with one attached hydrogen (secondary N) is 1. The van der Waals surface area contributed by atoms with Crippen LogP contribution in [0.2, 0.25) is 0 Å². The van der Waals surface area contributed by atoms with Gasteiger partial charge in [-0.05, 0) is 55.3 Å². The fourth-order valence-electron chi connectivity index (χ4n) is 2.58. The minimum absolute atomic E-state index is 0.150. The molecule has 116 valence electrons. The second-order valence-electron chi connectivity index (χ2n) is 5.73. The maximum atomic E-state index is 12.4. The maximum Gasteiger partial charge on any atom is 0.330 e. The van der Waals surface area contributed by atoms with E-state index in [4.69, 9.17) is 4.42 Å². The molecule has 6 heteroatoms. The number of rotatable bonds is 3. The highest BCUT2D eigenvalue weighted by Crippen LogP contribution is 2.29. The molecule has 1 unspecified atom stereocenters. The van der Waals surface area contributed by atoms with Crippen LogP contribution in [0.3, 0.4) is 0 Å². The Morgan fingerprint density at radius 3 is 2.64 bits per heavy atom. The molecule has 1 aliphatic heterocycles. The number of amides is 1. The summed E-state index contributed by atoms with van der Waals surface area (Å²) in [6, 6.07) is 5.51. The van der Waals surface area contributed by atoms with Crippen LogP contribution in [0.5, 0.6) is 0 Å². The summed E-state index contributed by atoms with van der Waals surface area (Å²) < 4.78 is 5.59. The fourth-order valence-corrected chi connectivity index (χ4v) is 3.90. The highest BCUT2D eigenvalue weighted by molar-refractivity contribution is 7.99. The van der Waals surface area contributed by atoms with Gasteiger partial charge in [0, 0.05) is 11.1 Å². The molecule has 1 aromatic carbocycles. The van der Waals surface area contributed by atoms with Crippen LogP contribution in [0.4, 0.5) is 0 Å². The standard InChI is InChI=1S/C16H17NO4S/c1-9-5-11-7-13(21-12(11)6-10(9)2)14(18)17-16(15(19)20)3-4-22-8-16/h5-7H,3-4,8H2,1-2H3,(H,17,18)(H,19,20). The molecule has 0 saturated carbocycles. The van der Waals surface area contributed by atoms with Crippen LogP contribution >= 0.6 is 11.8 Å². The number of aryl methyl sites for hydroxylation is 2. The summed E-state index contributed by atoms with van der Waals surface area (Å²) in [4.78, 5) is 23.9. The van der Waals surface area contributed by atoms with Gasteiger partial charge in [0.2, 0.25) is 0 Å². The zero-order valence-corrected chi connectivity index (χ0v) is 13.3. The van der Waals surface area contributed by atoms with Gasteiger partial charge >= 0.3 is 5.97 Å². The topological polar surface area (TPSA) is 79.5 Å². The maximum absolute atomic E-state index is 12.4. The second kappa shape index (κ2) is 5.35. The van der Waals surface area contributed by atoms with Crippen molar-refractivity contribution in [2.24, 2.45) is 0 Å². The lowest BCUT2D eigenvalue weighted by Crippen LogP contribution is -2.54. The van der Waals surface area contributed by atoms with Crippen molar-refractivity contribution >= 4 is 34.6 Å². The number of hydrogen-bond donors (Lipinski definition) is 2. The van der Waals surface area contributed by atoms with Gasteiger partial charge in [0.1, 0.15) is 11.1 Å². The lowest BCUT2D eigenvalue weighted by Gasteiger charge is -2.23. The Bertz CT molecular complexity index is 720. The van der Waals surface area contributed by atoms with Gasteiger partial charge in [0.05, 0.1) is 0 Å². The molecule has 2 heterocycles. The SMILES string of the molecule is Cc1cc2cc(C(=O)NC3(C(=O)O)CCSC3)oc2cc1C. The summed E-state index contributed by atoms with van der Waals surface area (Å²) in [5.41, 5.74) is 1.66. The first-order valence-corrected chi connectivity index (χ1v) is 8.21. The van der Waals surface area contributed by atoms with Gasteiger partial charge < -0.3 is 14.8 Å². The first-order chi connectivity index (χ1) is 10.4. The van der Waals surface area contributed by atoms with Crippen LogP contribution in [0, 0.1) is 13.8 Å². The van der Waals surface area contributed by atoms with E-state index < -0.39 is 17.4 Å². The average molecular weight is 319 g/mol. The van der Waals surface area contributed by atoms with Gasteiger partial charge in [0.15, 0.2) is 5.76 Å². The van der Waals surface area contributed by atoms with E-state index in [-0.39, 0.29) is 5.76 Å². The lowest BCUT2D eigenvalue weighted by molar-refractivity contribution is -0.143. The molecular formula is C16H17NO4S. The molecule has 0 bridgehead atoms. The monoisotopic (exact) mass is 319 g/mol. The normalized spacial score (nSPS) is 21.2. The van der Waals surface area contributed by atoms with Crippen molar-refractivity contribution in [2.45, 2.75) is 25.8 Å². The summed E-state index contributed by atoms with van der Waals surface area (Å²) >= 11 is 1.53. The van der Waals surface area contributed by atoms with Gasteiger partial charge in [-0.2, -0.15) is 11.8 Å². The molecule has 1 aliphatic rings. The molecule has 22 heavy (non-hydrogen) atoms. The van der Waals surface area contributed by atoms with E-state index >= 15 is 0 Å². The number of carbonyl (C=O) groups excluding carboxylic acids is 1. The quantitative estimate of drug-likeness (QED) is 0.909. The van der Waals surface area contributed by atoms with E-state index in [0.29, 0.717) is 17.8 Å². The molecule has 0 spiro atoms. The molecule has 3 rings (SSSR count). The highest BCUT2D eigenvalue weighted by Gasteiger charge is 2.43. The van der Waals surface area contributed by atoms with E-state index in [0.717, 1.165) is 22.3 Å². The minimum Gasteiger partial charge on any atom is -0.479 e. The summed E-state index contributed by atoms with van der Waals surface area (Å²) in [6.07, 6.45) is 0.428. The summed E-state index contributed by atoms with van der Waals surface area (Å²) in [5, 5.41) is 12.9.